The lowest BCUT2D eigenvalue weighted by molar-refractivity contribution is 0.367. The Hall–Kier alpha value is -2.64. The minimum absolute atomic E-state index is 0.205. The average molecular weight is 377 g/mol. The van der Waals surface area contributed by atoms with E-state index in [0.717, 1.165) is 4.57 Å². The molecule has 0 bridgehead atoms. The first-order valence-electron chi connectivity index (χ1n) is 8.73. The van der Waals surface area contributed by atoms with E-state index in [9.17, 15) is 14.4 Å². The Kier molecular flexibility index (Phi) is 6.59. The fourth-order valence-electron chi connectivity index (χ4n) is 2.23. The van der Waals surface area contributed by atoms with Crippen LogP contribution in [-0.4, -0.2) is 32.8 Å². The van der Waals surface area contributed by atoms with Crippen LogP contribution in [0.5, 0.6) is 0 Å². The Balaban J connectivity index is 0.000000271. The van der Waals surface area contributed by atoms with E-state index in [-0.39, 0.29) is 28.0 Å². The molecule has 0 radical (unpaired) electrons. The molecular formula is C19H31N5O3. The summed E-state index contributed by atoms with van der Waals surface area (Å²) in [6.07, 6.45) is 3.31. The number of anilines is 1. The zero-order chi connectivity index (χ0) is 21.2. The normalized spacial score (nSPS) is 11.6. The van der Waals surface area contributed by atoms with Crippen LogP contribution in [0.1, 0.15) is 41.5 Å². The van der Waals surface area contributed by atoms with Gasteiger partial charge in [-0.1, -0.05) is 0 Å². The Morgan fingerprint density at radius 2 is 1.33 bits per heavy atom. The van der Waals surface area contributed by atoms with E-state index in [2.05, 4.69) is 4.98 Å². The van der Waals surface area contributed by atoms with Gasteiger partial charge in [0.2, 0.25) is 0 Å². The molecule has 0 aliphatic carbocycles. The van der Waals surface area contributed by atoms with Crippen molar-refractivity contribution in [2.75, 3.05) is 19.0 Å². The zero-order valence-corrected chi connectivity index (χ0v) is 17.8. The van der Waals surface area contributed by atoms with Crippen molar-refractivity contribution in [3.63, 3.8) is 0 Å². The molecule has 8 heteroatoms. The van der Waals surface area contributed by atoms with Crippen molar-refractivity contribution in [1.29, 1.82) is 0 Å². The molecule has 0 N–H and O–H groups in total. The number of hydrogen-bond acceptors (Lipinski definition) is 5. The van der Waals surface area contributed by atoms with Gasteiger partial charge in [0.25, 0.3) is 5.56 Å². The standard InChI is InChI=1S/C10H17N3O.C9H14N2O2/c1-10(2,3)13-7-6-8(12(4)5)11-9(13)14;1-9(2,3)11-6-5-7(12)10(4)8(11)13/h6-7H,1-5H3;5-6H,1-4H3. The molecule has 150 valence electrons. The molecule has 0 amide bonds. The molecule has 0 aromatic carbocycles. The molecule has 0 aliphatic rings. The Morgan fingerprint density at radius 3 is 1.74 bits per heavy atom. The molecular weight excluding hydrogens is 346 g/mol. The first-order valence-corrected chi connectivity index (χ1v) is 8.73. The highest BCUT2D eigenvalue weighted by Crippen LogP contribution is 2.11. The fourth-order valence-corrected chi connectivity index (χ4v) is 2.23. The van der Waals surface area contributed by atoms with Crippen molar-refractivity contribution in [3.8, 4) is 0 Å². The predicted molar refractivity (Wildman–Crippen MR) is 109 cm³/mol. The number of aromatic nitrogens is 4. The second kappa shape index (κ2) is 7.94. The molecule has 0 aliphatic heterocycles. The monoisotopic (exact) mass is 377 g/mol. The van der Waals surface area contributed by atoms with Crippen molar-refractivity contribution in [3.05, 3.63) is 55.8 Å². The van der Waals surface area contributed by atoms with Gasteiger partial charge < -0.3 is 4.90 Å². The molecule has 0 saturated heterocycles. The molecule has 0 spiro atoms. The van der Waals surface area contributed by atoms with E-state index < -0.39 is 0 Å². The average Bonchev–Trinajstić information content (AvgIpc) is 2.50. The highest BCUT2D eigenvalue weighted by atomic mass is 16.2. The summed E-state index contributed by atoms with van der Waals surface area (Å²) in [6, 6.07) is 3.24. The minimum atomic E-state index is -0.289. The highest BCUT2D eigenvalue weighted by Gasteiger charge is 2.16. The molecule has 0 atom stereocenters. The topological polar surface area (TPSA) is 82.1 Å². The molecule has 27 heavy (non-hydrogen) atoms. The van der Waals surface area contributed by atoms with E-state index in [1.807, 2.05) is 66.6 Å². The van der Waals surface area contributed by atoms with Crippen LogP contribution >= 0.6 is 0 Å². The Bertz CT molecular complexity index is 953. The number of nitrogens with zero attached hydrogens (tertiary/aromatic N) is 5. The molecule has 2 aromatic heterocycles. The Labute approximate surface area is 159 Å². The highest BCUT2D eigenvalue weighted by molar-refractivity contribution is 5.33. The SMILES string of the molecule is CN(C)c1ccn(C(C)(C)C)c(=O)n1.Cn1c(=O)ccn(C(C)(C)C)c1=O. The number of hydrogen-bond donors (Lipinski definition) is 0. The number of rotatable bonds is 1. The Morgan fingerprint density at radius 1 is 0.852 bits per heavy atom. The van der Waals surface area contributed by atoms with Gasteiger partial charge in [0, 0.05) is 50.7 Å². The first kappa shape index (κ1) is 22.4. The molecule has 0 fully saturated rings. The van der Waals surface area contributed by atoms with Crippen LogP contribution < -0.4 is 21.8 Å². The van der Waals surface area contributed by atoms with E-state index in [1.165, 1.54) is 23.9 Å². The van der Waals surface area contributed by atoms with Crippen molar-refractivity contribution in [2.45, 2.75) is 52.6 Å². The summed E-state index contributed by atoms with van der Waals surface area (Å²) >= 11 is 0. The van der Waals surface area contributed by atoms with Crippen LogP contribution in [-0.2, 0) is 18.1 Å². The van der Waals surface area contributed by atoms with Gasteiger partial charge >= 0.3 is 11.4 Å². The van der Waals surface area contributed by atoms with E-state index in [1.54, 1.807) is 10.8 Å². The van der Waals surface area contributed by atoms with Gasteiger partial charge in [0.15, 0.2) is 0 Å². The van der Waals surface area contributed by atoms with Gasteiger partial charge in [-0.3, -0.25) is 18.5 Å². The maximum atomic E-state index is 11.6. The van der Waals surface area contributed by atoms with Crippen LogP contribution in [0.15, 0.2) is 38.9 Å². The molecule has 0 unspecified atom stereocenters. The third-order valence-corrected chi connectivity index (χ3v) is 3.88. The maximum Gasteiger partial charge on any atom is 0.349 e. The summed E-state index contributed by atoms with van der Waals surface area (Å²) in [4.78, 5) is 40.0. The smallest absolute Gasteiger partial charge is 0.349 e. The van der Waals surface area contributed by atoms with Gasteiger partial charge in [-0.15, -0.1) is 0 Å². The molecule has 2 heterocycles. The van der Waals surface area contributed by atoms with Crippen LogP contribution in [0, 0.1) is 0 Å². The van der Waals surface area contributed by atoms with Gasteiger partial charge in [-0.05, 0) is 47.6 Å². The van der Waals surface area contributed by atoms with Crippen molar-refractivity contribution < 1.29 is 0 Å². The summed E-state index contributed by atoms with van der Waals surface area (Å²) in [6.45, 7) is 11.7. The van der Waals surface area contributed by atoms with Crippen LogP contribution in [0.4, 0.5) is 5.82 Å². The zero-order valence-electron chi connectivity index (χ0n) is 17.8. The summed E-state index contributed by atoms with van der Waals surface area (Å²) in [5, 5.41) is 0. The van der Waals surface area contributed by atoms with Crippen molar-refractivity contribution in [1.82, 2.24) is 18.7 Å². The third kappa shape index (κ3) is 5.67. The summed E-state index contributed by atoms with van der Waals surface area (Å²) in [5.74, 6) is 0.690. The lowest BCUT2D eigenvalue weighted by atomic mass is 10.1. The lowest BCUT2D eigenvalue weighted by Gasteiger charge is -2.22. The van der Waals surface area contributed by atoms with Crippen LogP contribution in [0.25, 0.3) is 0 Å². The fraction of sp³-hybridized carbons (Fsp3) is 0.579. The summed E-state index contributed by atoms with van der Waals surface area (Å²) in [5.41, 5.74) is -1.26. The molecule has 8 nitrogen and oxygen atoms in total. The van der Waals surface area contributed by atoms with Crippen LogP contribution in [0.2, 0.25) is 0 Å². The maximum absolute atomic E-state index is 11.6. The van der Waals surface area contributed by atoms with Crippen LogP contribution in [0.3, 0.4) is 0 Å². The van der Waals surface area contributed by atoms with Gasteiger partial charge in [-0.2, -0.15) is 4.98 Å². The van der Waals surface area contributed by atoms with Gasteiger partial charge in [0.1, 0.15) is 5.82 Å². The van der Waals surface area contributed by atoms with E-state index in [4.69, 9.17) is 0 Å². The predicted octanol–water partition coefficient (Wildman–Crippen LogP) is 1.37. The third-order valence-electron chi connectivity index (χ3n) is 3.88. The minimum Gasteiger partial charge on any atom is -0.363 e. The second-order valence-electron chi connectivity index (χ2n) is 8.54. The first-order chi connectivity index (χ1) is 12.2. The van der Waals surface area contributed by atoms with Gasteiger partial charge in [-0.25, -0.2) is 9.59 Å². The van der Waals surface area contributed by atoms with Crippen molar-refractivity contribution in [2.24, 2.45) is 7.05 Å². The summed E-state index contributed by atoms with van der Waals surface area (Å²) < 4.78 is 4.26. The second-order valence-corrected chi connectivity index (χ2v) is 8.54. The molecule has 2 aromatic rings. The molecule has 2 rings (SSSR count). The van der Waals surface area contributed by atoms with E-state index in [0.29, 0.717) is 5.82 Å². The van der Waals surface area contributed by atoms with E-state index >= 15 is 0 Å². The van der Waals surface area contributed by atoms with Crippen molar-refractivity contribution >= 4 is 5.82 Å². The quantitative estimate of drug-likeness (QED) is 0.750. The summed E-state index contributed by atoms with van der Waals surface area (Å²) in [7, 11) is 5.21. The largest absolute Gasteiger partial charge is 0.363 e. The van der Waals surface area contributed by atoms with Gasteiger partial charge in [0.05, 0.1) is 0 Å². The molecule has 0 saturated carbocycles. The lowest BCUT2D eigenvalue weighted by Crippen LogP contribution is -2.42.